The van der Waals surface area contributed by atoms with E-state index < -0.39 is 5.82 Å². The van der Waals surface area contributed by atoms with Gasteiger partial charge in [0, 0.05) is 18.7 Å². The van der Waals surface area contributed by atoms with Gasteiger partial charge in [-0.25, -0.2) is 4.39 Å². The Morgan fingerprint density at radius 2 is 2.32 bits per heavy atom. The molecule has 1 aliphatic carbocycles. The molecule has 22 heavy (non-hydrogen) atoms. The Kier molecular flexibility index (Phi) is 4.10. The van der Waals surface area contributed by atoms with E-state index >= 15 is 0 Å². The van der Waals surface area contributed by atoms with Crippen LogP contribution in [0, 0.1) is 5.82 Å². The third-order valence-electron chi connectivity index (χ3n) is 3.80. The summed E-state index contributed by atoms with van der Waals surface area (Å²) in [6.45, 7) is 0. The van der Waals surface area contributed by atoms with Crippen molar-refractivity contribution in [2.45, 2.75) is 31.4 Å². The van der Waals surface area contributed by atoms with Crippen molar-refractivity contribution in [3.63, 3.8) is 0 Å². The number of hydrogen-bond donors (Lipinski definition) is 2. The Morgan fingerprint density at radius 3 is 2.95 bits per heavy atom. The number of carbonyl (C=O) groups is 1. The minimum Gasteiger partial charge on any atom is -0.381 e. The van der Waals surface area contributed by atoms with E-state index in [-0.39, 0.29) is 24.5 Å². The predicted octanol–water partition coefficient (Wildman–Crippen LogP) is 0.842. The van der Waals surface area contributed by atoms with Crippen molar-refractivity contribution in [3.8, 4) is 11.4 Å². The van der Waals surface area contributed by atoms with E-state index in [1.807, 2.05) is 0 Å². The molecule has 0 saturated heterocycles. The highest BCUT2D eigenvalue weighted by Gasteiger charge is 2.30. The minimum absolute atomic E-state index is 0.00645. The first-order chi connectivity index (χ1) is 10.7. The summed E-state index contributed by atoms with van der Waals surface area (Å²) in [5.74, 6) is -0.332. The van der Waals surface area contributed by atoms with Crippen LogP contribution in [0.25, 0.3) is 11.4 Å². The lowest BCUT2D eigenvalue weighted by Crippen LogP contribution is -2.47. The number of nitrogens with zero attached hydrogens (tertiary/aromatic N) is 3. The maximum Gasteiger partial charge on any atom is 0.224 e. The van der Waals surface area contributed by atoms with Crippen molar-refractivity contribution in [1.82, 2.24) is 25.9 Å². The predicted molar refractivity (Wildman–Crippen MR) is 75.2 cm³/mol. The summed E-state index contributed by atoms with van der Waals surface area (Å²) in [6, 6.07) is 4.66. The molecule has 3 rings (SSSR count). The fourth-order valence-electron chi connectivity index (χ4n) is 2.44. The van der Waals surface area contributed by atoms with Gasteiger partial charge in [0.2, 0.25) is 11.7 Å². The van der Waals surface area contributed by atoms with Gasteiger partial charge in [0.25, 0.3) is 0 Å². The Bertz CT molecular complexity index is 655. The second-order valence-corrected chi connectivity index (χ2v) is 5.31. The molecule has 0 atom stereocenters. The monoisotopic (exact) mass is 305 g/mol. The van der Waals surface area contributed by atoms with E-state index in [0.29, 0.717) is 17.0 Å². The van der Waals surface area contributed by atoms with Crippen molar-refractivity contribution in [2.24, 2.45) is 0 Å². The Balaban J connectivity index is 1.59. The van der Waals surface area contributed by atoms with Crippen LogP contribution < -0.4 is 5.32 Å². The molecule has 1 amide bonds. The van der Waals surface area contributed by atoms with Gasteiger partial charge < -0.3 is 10.1 Å². The number of aromatic amines is 1. The topological polar surface area (TPSA) is 92.8 Å². The first-order valence-electron chi connectivity index (χ1n) is 7.00. The van der Waals surface area contributed by atoms with E-state index in [9.17, 15) is 9.18 Å². The zero-order chi connectivity index (χ0) is 15.5. The van der Waals surface area contributed by atoms with Crippen LogP contribution in [-0.4, -0.2) is 45.8 Å². The van der Waals surface area contributed by atoms with E-state index in [0.717, 1.165) is 12.8 Å². The highest BCUT2D eigenvalue weighted by molar-refractivity contribution is 5.79. The molecule has 0 aliphatic heterocycles. The van der Waals surface area contributed by atoms with Crippen LogP contribution in [0.15, 0.2) is 18.2 Å². The number of amides is 1. The Morgan fingerprint density at radius 1 is 1.50 bits per heavy atom. The lowest BCUT2D eigenvalue weighted by Gasteiger charge is -2.34. The summed E-state index contributed by atoms with van der Waals surface area (Å²) in [7, 11) is 1.66. The average Bonchev–Trinajstić information content (AvgIpc) is 2.98. The first kappa shape index (κ1) is 14.6. The van der Waals surface area contributed by atoms with Gasteiger partial charge in [-0.1, -0.05) is 12.1 Å². The van der Waals surface area contributed by atoms with Crippen LogP contribution >= 0.6 is 0 Å². The summed E-state index contributed by atoms with van der Waals surface area (Å²) in [5, 5.41) is 16.2. The molecular formula is C14H16FN5O2. The van der Waals surface area contributed by atoms with Gasteiger partial charge >= 0.3 is 0 Å². The van der Waals surface area contributed by atoms with Crippen LogP contribution in [-0.2, 0) is 16.0 Å². The molecule has 1 saturated carbocycles. The molecule has 2 N–H and O–H groups in total. The van der Waals surface area contributed by atoms with Crippen LogP contribution in [0.3, 0.4) is 0 Å². The molecule has 8 heteroatoms. The maximum absolute atomic E-state index is 14.1. The average molecular weight is 305 g/mol. The standard InChI is InChI=1S/C14H16FN5O2/c1-22-11-6-10(7-11)16-13(21)5-8-2-3-9(4-12(8)15)14-17-19-20-18-14/h2-4,10-11H,5-7H2,1H3,(H,16,21)(H,17,18,19,20). The molecule has 0 bridgehead atoms. The van der Waals surface area contributed by atoms with Crippen LogP contribution in [0.5, 0.6) is 0 Å². The zero-order valence-electron chi connectivity index (χ0n) is 12.0. The second-order valence-electron chi connectivity index (χ2n) is 5.31. The van der Waals surface area contributed by atoms with Crippen LogP contribution in [0.2, 0.25) is 0 Å². The summed E-state index contributed by atoms with van der Waals surface area (Å²) in [5.41, 5.74) is 0.852. The van der Waals surface area contributed by atoms with Gasteiger partial charge in [-0.2, -0.15) is 5.21 Å². The molecule has 1 heterocycles. The van der Waals surface area contributed by atoms with E-state index in [1.54, 1.807) is 19.2 Å². The number of nitrogens with one attached hydrogen (secondary N) is 2. The van der Waals surface area contributed by atoms with E-state index in [4.69, 9.17) is 4.74 Å². The molecule has 1 aromatic heterocycles. The van der Waals surface area contributed by atoms with Crippen LogP contribution in [0.1, 0.15) is 18.4 Å². The largest absolute Gasteiger partial charge is 0.381 e. The van der Waals surface area contributed by atoms with Gasteiger partial charge in [-0.15, -0.1) is 10.2 Å². The van der Waals surface area contributed by atoms with Gasteiger partial charge in [0.1, 0.15) is 5.82 Å². The number of benzene rings is 1. The number of rotatable bonds is 5. The molecular weight excluding hydrogens is 289 g/mol. The molecule has 7 nitrogen and oxygen atoms in total. The van der Waals surface area contributed by atoms with Gasteiger partial charge in [-0.05, 0) is 29.7 Å². The molecule has 0 unspecified atom stereocenters. The number of halogens is 1. The SMILES string of the molecule is COC1CC(NC(=O)Cc2ccc(-c3nn[nH]n3)cc2F)C1. The minimum atomic E-state index is -0.458. The lowest BCUT2D eigenvalue weighted by molar-refractivity contribution is -0.122. The number of methoxy groups -OCH3 is 1. The molecule has 1 aliphatic rings. The van der Waals surface area contributed by atoms with Crippen molar-refractivity contribution in [2.75, 3.05) is 7.11 Å². The highest BCUT2D eigenvalue weighted by Crippen LogP contribution is 2.23. The normalized spacial score (nSPS) is 20.5. The van der Waals surface area contributed by atoms with Gasteiger partial charge in [0.15, 0.2) is 0 Å². The van der Waals surface area contributed by atoms with Crippen molar-refractivity contribution >= 4 is 5.91 Å². The third-order valence-corrected chi connectivity index (χ3v) is 3.80. The van der Waals surface area contributed by atoms with E-state index in [1.165, 1.54) is 6.07 Å². The number of carbonyl (C=O) groups excluding carboxylic acids is 1. The lowest BCUT2D eigenvalue weighted by atomic mass is 9.89. The summed E-state index contributed by atoms with van der Waals surface area (Å²) >= 11 is 0. The Labute approximate surface area is 126 Å². The van der Waals surface area contributed by atoms with Crippen molar-refractivity contribution < 1.29 is 13.9 Å². The first-order valence-corrected chi connectivity index (χ1v) is 7.00. The van der Waals surface area contributed by atoms with Crippen molar-refractivity contribution in [3.05, 3.63) is 29.6 Å². The number of tetrazole rings is 1. The molecule has 0 radical (unpaired) electrons. The maximum atomic E-state index is 14.1. The summed E-state index contributed by atoms with van der Waals surface area (Å²) in [6.07, 6.45) is 1.84. The number of hydrogen-bond acceptors (Lipinski definition) is 5. The quantitative estimate of drug-likeness (QED) is 0.854. The van der Waals surface area contributed by atoms with E-state index in [2.05, 4.69) is 25.9 Å². The number of H-pyrrole nitrogens is 1. The fourth-order valence-corrected chi connectivity index (χ4v) is 2.44. The van der Waals surface area contributed by atoms with Crippen molar-refractivity contribution in [1.29, 1.82) is 0 Å². The highest BCUT2D eigenvalue weighted by atomic mass is 19.1. The molecule has 1 fully saturated rings. The second kappa shape index (κ2) is 6.18. The third kappa shape index (κ3) is 3.11. The van der Waals surface area contributed by atoms with Gasteiger partial charge in [0.05, 0.1) is 12.5 Å². The molecule has 116 valence electrons. The number of aromatic nitrogens is 4. The Hall–Kier alpha value is -2.35. The molecule has 0 spiro atoms. The molecule has 2 aromatic rings. The van der Waals surface area contributed by atoms with Gasteiger partial charge in [-0.3, -0.25) is 4.79 Å². The number of ether oxygens (including phenoxy) is 1. The van der Waals surface area contributed by atoms with Crippen LogP contribution in [0.4, 0.5) is 4.39 Å². The zero-order valence-corrected chi connectivity index (χ0v) is 12.0. The molecule has 1 aromatic carbocycles. The summed E-state index contributed by atoms with van der Waals surface area (Å²) in [4.78, 5) is 11.9. The smallest absolute Gasteiger partial charge is 0.224 e. The summed E-state index contributed by atoms with van der Waals surface area (Å²) < 4.78 is 19.2. The fraction of sp³-hybridized carbons (Fsp3) is 0.429.